The molecule has 0 bridgehead atoms. The predicted octanol–water partition coefficient (Wildman–Crippen LogP) is 9.01. The van der Waals surface area contributed by atoms with Gasteiger partial charge in [-0.1, -0.05) is 122 Å². The second-order valence-electron chi connectivity index (χ2n) is 8.52. The van der Waals surface area contributed by atoms with Gasteiger partial charge in [-0.2, -0.15) is 0 Å². The molecule has 0 fully saturated rings. The lowest BCUT2D eigenvalue weighted by molar-refractivity contribution is -0.236. The standard InChI is InChI=1S/C27H52O2/c1-6-9-12-14-16-17-19-22-25-27(28-4,29-5)26(23-20-11-8-3)24-21-18-15-13-10-7-2/h8,11,20,23,26H,6-7,9-10,12-19,21-22,24-25H2,1-5H3. The van der Waals surface area contributed by atoms with Crippen molar-refractivity contribution in [2.45, 2.75) is 129 Å². The third kappa shape index (κ3) is 14.1. The van der Waals surface area contributed by atoms with Crippen molar-refractivity contribution in [3.05, 3.63) is 24.3 Å². The Balaban J connectivity index is 4.61. The Morgan fingerprint density at radius 1 is 0.655 bits per heavy atom. The first-order valence-corrected chi connectivity index (χ1v) is 12.6. The van der Waals surface area contributed by atoms with E-state index >= 15 is 0 Å². The summed E-state index contributed by atoms with van der Waals surface area (Å²) in [7, 11) is 3.65. The average molecular weight is 409 g/mol. The van der Waals surface area contributed by atoms with Crippen LogP contribution in [0.4, 0.5) is 0 Å². The number of hydrogen-bond acceptors (Lipinski definition) is 2. The fourth-order valence-corrected chi connectivity index (χ4v) is 4.20. The molecule has 0 aromatic carbocycles. The maximum atomic E-state index is 6.04. The van der Waals surface area contributed by atoms with Crippen molar-refractivity contribution in [1.82, 2.24) is 0 Å². The Kier molecular flexibility index (Phi) is 20.2. The summed E-state index contributed by atoms with van der Waals surface area (Å²) in [6, 6.07) is 0. The van der Waals surface area contributed by atoms with Gasteiger partial charge in [0, 0.05) is 26.6 Å². The van der Waals surface area contributed by atoms with Gasteiger partial charge in [0.15, 0.2) is 5.79 Å². The van der Waals surface area contributed by atoms with Crippen LogP contribution < -0.4 is 0 Å². The van der Waals surface area contributed by atoms with Crippen LogP contribution in [0.3, 0.4) is 0 Å². The van der Waals surface area contributed by atoms with E-state index in [0.29, 0.717) is 5.92 Å². The van der Waals surface area contributed by atoms with Gasteiger partial charge in [-0.05, 0) is 19.8 Å². The van der Waals surface area contributed by atoms with Gasteiger partial charge in [0.2, 0.25) is 0 Å². The number of ether oxygens (including phenoxy) is 2. The summed E-state index contributed by atoms with van der Waals surface area (Å²) in [5.41, 5.74) is 0. The molecule has 0 saturated heterocycles. The van der Waals surface area contributed by atoms with Crippen molar-refractivity contribution in [3.8, 4) is 0 Å². The second kappa shape index (κ2) is 20.7. The fraction of sp³-hybridized carbons (Fsp3) is 0.852. The predicted molar refractivity (Wildman–Crippen MR) is 129 cm³/mol. The molecule has 29 heavy (non-hydrogen) atoms. The van der Waals surface area contributed by atoms with Crippen LogP contribution >= 0.6 is 0 Å². The summed E-state index contributed by atoms with van der Waals surface area (Å²) in [5, 5.41) is 0. The monoisotopic (exact) mass is 408 g/mol. The maximum Gasteiger partial charge on any atom is 0.173 e. The van der Waals surface area contributed by atoms with Crippen LogP contribution in [0.5, 0.6) is 0 Å². The molecule has 2 heteroatoms. The summed E-state index contributed by atoms with van der Waals surface area (Å²) in [6.07, 6.45) is 29.4. The zero-order valence-electron chi connectivity index (χ0n) is 20.5. The third-order valence-electron chi connectivity index (χ3n) is 6.15. The summed E-state index contributed by atoms with van der Waals surface area (Å²) >= 11 is 0. The van der Waals surface area contributed by atoms with E-state index in [4.69, 9.17) is 9.47 Å². The summed E-state index contributed by atoms with van der Waals surface area (Å²) in [6.45, 7) is 6.62. The van der Waals surface area contributed by atoms with E-state index in [1.54, 1.807) is 0 Å². The van der Waals surface area contributed by atoms with Crippen molar-refractivity contribution in [3.63, 3.8) is 0 Å². The highest BCUT2D eigenvalue weighted by atomic mass is 16.7. The molecule has 0 aliphatic carbocycles. The molecule has 1 atom stereocenters. The molecular weight excluding hydrogens is 356 g/mol. The Labute approximate surface area is 183 Å². The Bertz CT molecular complexity index is 382. The number of rotatable bonds is 21. The van der Waals surface area contributed by atoms with Crippen LogP contribution in [-0.4, -0.2) is 20.0 Å². The quantitative estimate of drug-likeness (QED) is 0.107. The van der Waals surface area contributed by atoms with Gasteiger partial charge in [-0.25, -0.2) is 0 Å². The minimum atomic E-state index is -0.482. The van der Waals surface area contributed by atoms with Crippen LogP contribution in [0.2, 0.25) is 0 Å². The van der Waals surface area contributed by atoms with Gasteiger partial charge in [-0.15, -0.1) is 0 Å². The van der Waals surface area contributed by atoms with Crippen LogP contribution in [0.25, 0.3) is 0 Å². The zero-order valence-corrected chi connectivity index (χ0v) is 20.5. The summed E-state index contributed by atoms with van der Waals surface area (Å²) in [4.78, 5) is 0. The SMILES string of the molecule is CC=CC=CC(CCCCCCCC)C(CCCCCCCCCC)(OC)OC. The first kappa shape index (κ1) is 28.4. The molecule has 0 saturated carbocycles. The molecule has 0 aromatic heterocycles. The molecule has 2 nitrogen and oxygen atoms in total. The normalized spacial score (nSPS) is 13.7. The molecule has 0 aliphatic heterocycles. The van der Waals surface area contributed by atoms with Crippen molar-refractivity contribution in [2.24, 2.45) is 5.92 Å². The van der Waals surface area contributed by atoms with Crippen LogP contribution in [-0.2, 0) is 9.47 Å². The molecule has 0 heterocycles. The molecule has 0 N–H and O–H groups in total. The van der Waals surface area contributed by atoms with Crippen molar-refractivity contribution in [1.29, 1.82) is 0 Å². The summed E-state index contributed by atoms with van der Waals surface area (Å²) in [5.74, 6) is -0.173. The highest BCUT2D eigenvalue weighted by Crippen LogP contribution is 2.34. The van der Waals surface area contributed by atoms with Crippen molar-refractivity contribution >= 4 is 0 Å². The van der Waals surface area contributed by atoms with E-state index in [-0.39, 0.29) is 0 Å². The highest BCUT2D eigenvalue weighted by molar-refractivity contribution is 5.06. The molecule has 172 valence electrons. The zero-order chi connectivity index (χ0) is 21.6. The second-order valence-corrected chi connectivity index (χ2v) is 8.52. The molecule has 0 amide bonds. The van der Waals surface area contributed by atoms with Gasteiger partial charge < -0.3 is 9.47 Å². The fourth-order valence-electron chi connectivity index (χ4n) is 4.20. The Morgan fingerprint density at radius 2 is 1.14 bits per heavy atom. The lowest BCUT2D eigenvalue weighted by Crippen LogP contribution is -2.41. The number of unbranched alkanes of at least 4 members (excludes halogenated alkanes) is 12. The van der Waals surface area contributed by atoms with Crippen molar-refractivity contribution < 1.29 is 9.47 Å². The first-order valence-electron chi connectivity index (χ1n) is 12.6. The highest BCUT2D eigenvalue weighted by Gasteiger charge is 2.36. The van der Waals surface area contributed by atoms with Gasteiger partial charge >= 0.3 is 0 Å². The number of methoxy groups -OCH3 is 2. The van der Waals surface area contributed by atoms with E-state index in [9.17, 15) is 0 Å². The van der Waals surface area contributed by atoms with Gasteiger partial charge in [0.25, 0.3) is 0 Å². The topological polar surface area (TPSA) is 18.5 Å². The minimum Gasteiger partial charge on any atom is -0.353 e. The van der Waals surface area contributed by atoms with Gasteiger partial charge in [0.05, 0.1) is 0 Å². The average Bonchev–Trinajstić information content (AvgIpc) is 2.74. The molecular formula is C27H52O2. The minimum absolute atomic E-state index is 0.310. The molecule has 0 radical (unpaired) electrons. The van der Waals surface area contributed by atoms with Crippen LogP contribution in [0.15, 0.2) is 24.3 Å². The lowest BCUT2D eigenvalue weighted by Gasteiger charge is -2.37. The maximum absolute atomic E-state index is 6.04. The molecule has 1 unspecified atom stereocenters. The molecule has 0 spiro atoms. The number of hydrogen-bond donors (Lipinski definition) is 0. The van der Waals surface area contributed by atoms with E-state index in [2.05, 4.69) is 45.1 Å². The van der Waals surface area contributed by atoms with Gasteiger partial charge in [-0.3, -0.25) is 0 Å². The summed E-state index contributed by atoms with van der Waals surface area (Å²) < 4.78 is 12.1. The Hall–Kier alpha value is -0.600. The van der Waals surface area contributed by atoms with E-state index < -0.39 is 5.79 Å². The van der Waals surface area contributed by atoms with E-state index in [1.165, 1.54) is 89.9 Å². The molecule has 0 rings (SSSR count). The molecule has 0 aromatic rings. The van der Waals surface area contributed by atoms with Crippen LogP contribution in [0, 0.1) is 5.92 Å². The van der Waals surface area contributed by atoms with Crippen molar-refractivity contribution in [2.75, 3.05) is 14.2 Å². The van der Waals surface area contributed by atoms with E-state index in [0.717, 1.165) is 12.8 Å². The first-order chi connectivity index (χ1) is 14.2. The van der Waals surface area contributed by atoms with E-state index in [1.807, 2.05) is 14.2 Å². The number of allylic oxidation sites excluding steroid dienone is 3. The smallest absolute Gasteiger partial charge is 0.173 e. The lowest BCUT2D eigenvalue weighted by atomic mass is 9.87. The third-order valence-corrected chi connectivity index (χ3v) is 6.15. The van der Waals surface area contributed by atoms with Gasteiger partial charge in [0.1, 0.15) is 0 Å². The van der Waals surface area contributed by atoms with Crippen LogP contribution in [0.1, 0.15) is 124 Å². The Morgan fingerprint density at radius 3 is 1.62 bits per heavy atom. The largest absolute Gasteiger partial charge is 0.353 e. The molecule has 0 aliphatic rings.